The monoisotopic (exact) mass is 536 g/mol. The van der Waals surface area contributed by atoms with Crippen molar-refractivity contribution in [2.45, 2.75) is 63.5 Å². The summed E-state index contributed by atoms with van der Waals surface area (Å²) in [4.78, 5) is 44.1. The molecule has 3 amide bonds. The molecule has 8 heteroatoms. The average molecular weight is 537 g/mol. The van der Waals surface area contributed by atoms with Crippen molar-refractivity contribution in [3.63, 3.8) is 0 Å². The Morgan fingerprint density at radius 1 is 1.08 bits per heavy atom. The minimum absolute atomic E-state index is 0.0482. The lowest BCUT2D eigenvalue weighted by Crippen LogP contribution is -2.56. The van der Waals surface area contributed by atoms with Gasteiger partial charge in [0.05, 0.1) is 11.3 Å². The predicted molar refractivity (Wildman–Crippen MR) is 149 cm³/mol. The summed E-state index contributed by atoms with van der Waals surface area (Å²) >= 11 is 6.07. The molecule has 7 nitrogen and oxygen atoms in total. The summed E-state index contributed by atoms with van der Waals surface area (Å²) in [5.74, 6) is -0.137. The van der Waals surface area contributed by atoms with Gasteiger partial charge in [-0.3, -0.25) is 14.4 Å². The van der Waals surface area contributed by atoms with E-state index >= 15 is 0 Å². The molecule has 0 bridgehead atoms. The first-order chi connectivity index (χ1) is 18.3. The number of para-hydroxylation sites is 1. The average Bonchev–Trinajstić information content (AvgIpc) is 3.14. The smallest absolute Gasteiger partial charge is 0.245 e. The van der Waals surface area contributed by atoms with Crippen molar-refractivity contribution in [1.29, 1.82) is 0 Å². The number of nitrogens with one attached hydrogen (secondary N) is 2. The Balaban J connectivity index is 1.28. The van der Waals surface area contributed by atoms with Crippen molar-refractivity contribution < 1.29 is 14.4 Å². The van der Waals surface area contributed by atoms with Gasteiger partial charge in [-0.05, 0) is 75.4 Å². The summed E-state index contributed by atoms with van der Waals surface area (Å²) in [7, 11) is 0. The number of hydrogen-bond donors (Lipinski definition) is 2. The molecular weight excluding hydrogens is 500 g/mol. The van der Waals surface area contributed by atoms with E-state index in [1.165, 1.54) is 0 Å². The highest BCUT2D eigenvalue weighted by Gasteiger charge is 2.47. The summed E-state index contributed by atoms with van der Waals surface area (Å²) in [6.45, 7) is 6.63. The molecule has 2 aromatic rings. The van der Waals surface area contributed by atoms with Crippen LogP contribution in [0.3, 0.4) is 0 Å². The molecule has 3 aliphatic heterocycles. The zero-order valence-electron chi connectivity index (χ0n) is 22.2. The van der Waals surface area contributed by atoms with Gasteiger partial charge in [-0.1, -0.05) is 41.9 Å². The first-order valence-corrected chi connectivity index (χ1v) is 14.1. The molecule has 202 valence electrons. The van der Waals surface area contributed by atoms with Crippen molar-refractivity contribution in [3.05, 3.63) is 64.7 Å². The molecule has 2 N–H and O–H groups in total. The van der Waals surface area contributed by atoms with Crippen LogP contribution in [-0.2, 0) is 26.2 Å². The molecule has 2 atom stereocenters. The Hall–Kier alpha value is -2.90. The van der Waals surface area contributed by atoms with Crippen molar-refractivity contribution >= 4 is 35.0 Å². The maximum Gasteiger partial charge on any atom is 0.245 e. The molecule has 0 radical (unpaired) electrons. The lowest BCUT2D eigenvalue weighted by atomic mass is 9.86. The predicted octanol–water partition coefficient (Wildman–Crippen LogP) is 3.68. The van der Waals surface area contributed by atoms with E-state index in [1.807, 2.05) is 72.2 Å². The summed E-state index contributed by atoms with van der Waals surface area (Å²) < 4.78 is 0. The molecule has 2 saturated heterocycles. The fourth-order valence-corrected chi connectivity index (χ4v) is 6.21. The highest BCUT2D eigenvalue weighted by atomic mass is 35.5. The molecule has 0 spiro atoms. The molecule has 38 heavy (non-hydrogen) atoms. The summed E-state index contributed by atoms with van der Waals surface area (Å²) in [6.07, 6.45) is 3.60. The summed E-state index contributed by atoms with van der Waals surface area (Å²) in [6, 6.07) is 14.9. The number of hydrogen-bond acceptors (Lipinski definition) is 4. The number of nitrogens with zero attached hydrogens (tertiary/aromatic N) is 2. The van der Waals surface area contributed by atoms with Crippen LogP contribution in [0.4, 0.5) is 5.69 Å². The largest absolute Gasteiger partial charge is 0.344 e. The molecule has 5 rings (SSSR count). The minimum atomic E-state index is -0.643. The van der Waals surface area contributed by atoms with E-state index in [0.29, 0.717) is 43.9 Å². The van der Waals surface area contributed by atoms with Gasteiger partial charge in [0.25, 0.3) is 0 Å². The Kier molecular flexibility index (Phi) is 7.78. The number of likely N-dealkylation sites (tertiary alicyclic amines) is 1. The Morgan fingerprint density at radius 2 is 1.79 bits per heavy atom. The van der Waals surface area contributed by atoms with E-state index in [9.17, 15) is 14.4 Å². The second-order valence-corrected chi connectivity index (χ2v) is 11.7. The van der Waals surface area contributed by atoms with Crippen LogP contribution in [0.25, 0.3) is 0 Å². The highest BCUT2D eigenvalue weighted by molar-refractivity contribution is 6.30. The van der Waals surface area contributed by atoms with Gasteiger partial charge in [0.1, 0.15) is 6.04 Å². The van der Waals surface area contributed by atoms with E-state index in [0.717, 1.165) is 36.2 Å². The van der Waals surface area contributed by atoms with Crippen molar-refractivity contribution in [3.8, 4) is 0 Å². The Labute approximate surface area is 229 Å². The number of piperidine rings is 2. The molecule has 2 aromatic carbocycles. The molecule has 2 fully saturated rings. The topological polar surface area (TPSA) is 81.8 Å². The Morgan fingerprint density at radius 3 is 2.47 bits per heavy atom. The number of benzene rings is 2. The number of anilines is 1. The quantitative estimate of drug-likeness (QED) is 0.590. The van der Waals surface area contributed by atoms with Crippen LogP contribution in [0.5, 0.6) is 0 Å². The maximum atomic E-state index is 13.8. The van der Waals surface area contributed by atoms with E-state index in [2.05, 4.69) is 10.6 Å². The molecule has 3 heterocycles. The van der Waals surface area contributed by atoms with Crippen molar-refractivity contribution in [1.82, 2.24) is 15.5 Å². The number of amides is 3. The van der Waals surface area contributed by atoms with E-state index in [4.69, 9.17) is 11.6 Å². The third kappa shape index (κ3) is 5.32. The standard InChI is InChI=1S/C30H37ClN4O3/c1-30(2)24-7-3-4-8-26(24)35(29(30)38)23-13-16-34(17-14-23)28(37)25(18-20-9-11-22(31)12-10-20)33-27(36)21-6-5-15-32-19-21/h3-4,7-12,21,23,25,32H,5-6,13-19H2,1-2H3,(H,33,36). The van der Waals surface area contributed by atoms with Crippen LogP contribution < -0.4 is 15.5 Å². The number of fused-ring (bicyclic) bond motifs is 1. The van der Waals surface area contributed by atoms with Crippen LogP contribution in [-0.4, -0.2) is 60.9 Å². The minimum Gasteiger partial charge on any atom is -0.344 e. The first kappa shape index (κ1) is 26.7. The van der Waals surface area contributed by atoms with Crippen molar-refractivity contribution in [2.75, 3.05) is 31.1 Å². The number of rotatable bonds is 6. The third-order valence-electron chi connectivity index (χ3n) is 8.37. The van der Waals surface area contributed by atoms with Gasteiger partial charge >= 0.3 is 0 Å². The lowest BCUT2D eigenvalue weighted by molar-refractivity contribution is -0.138. The van der Waals surface area contributed by atoms with E-state index in [-0.39, 0.29) is 29.7 Å². The van der Waals surface area contributed by atoms with Gasteiger partial charge in [-0.2, -0.15) is 0 Å². The normalized spacial score (nSPS) is 22.2. The zero-order valence-corrected chi connectivity index (χ0v) is 23.0. The fourth-order valence-electron chi connectivity index (χ4n) is 6.09. The SMILES string of the molecule is CC1(C)C(=O)N(C2CCN(C(=O)C(Cc3ccc(Cl)cc3)NC(=O)C3CCCNC3)CC2)c2ccccc21. The van der Waals surface area contributed by atoms with E-state index < -0.39 is 11.5 Å². The summed E-state index contributed by atoms with van der Waals surface area (Å²) in [5.41, 5.74) is 2.45. The number of carbonyl (C=O) groups excluding carboxylic acids is 3. The highest BCUT2D eigenvalue weighted by Crippen LogP contribution is 2.43. The number of carbonyl (C=O) groups is 3. The summed E-state index contributed by atoms with van der Waals surface area (Å²) in [5, 5.41) is 7.00. The fraction of sp³-hybridized carbons (Fsp3) is 0.500. The van der Waals surface area contributed by atoms with Gasteiger partial charge in [0, 0.05) is 42.8 Å². The van der Waals surface area contributed by atoms with E-state index in [1.54, 1.807) is 0 Å². The van der Waals surface area contributed by atoms with Gasteiger partial charge in [0.2, 0.25) is 17.7 Å². The Bertz CT molecular complexity index is 1180. The molecule has 2 unspecified atom stereocenters. The second kappa shape index (κ2) is 11.1. The van der Waals surface area contributed by atoms with Crippen LogP contribution in [0.15, 0.2) is 48.5 Å². The zero-order chi connectivity index (χ0) is 26.9. The molecule has 0 aromatic heterocycles. The van der Waals surface area contributed by atoms with Gasteiger partial charge < -0.3 is 20.4 Å². The lowest BCUT2D eigenvalue weighted by Gasteiger charge is -2.39. The molecule has 3 aliphatic rings. The van der Waals surface area contributed by atoms with Crippen LogP contribution in [0.1, 0.15) is 50.7 Å². The van der Waals surface area contributed by atoms with Gasteiger partial charge in [-0.25, -0.2) is 0 Å². The molecule has 0 aliphatic carbocycles. The van der Waals surface area contributed by atoms with Crippen LogP contribution in [0, 0.1) is 5.92 Å². The molecular formula is C30H37ClN4O3. The third-order valence-corrected chi connectivity index (χ3v) is 8.62. The number of halogens is 1. The van der Waals surface area contributed by atoms with Crippen molar-refractivity contribution in [2.24, 2.45) is 5.92 Å². The molecule has 0 saturated carbocycles. The first-order valence-electron chi connectivity index (χ1n) is 13.7. The maximum absolute atomic E-state index is 13.8. The second-order valence-electron chi connectivity index (χ2n) is 11.3. The van der Waals surface area contributed by atoms with Crippen LogP contribution >= 0.6 is 11.6 Å². The van der Waals surface area contributed by atoms with Gasteiger partial charge in [0.15, 0.2) is 0 Å². The van der Waals surface area contributed by atoms with Gasteiger partial charge in [-0.15, -0.1) is 0 Å². The van der Waals surface area contributed by atoms with Crippen LogP contribution in [0.2, 0.25) is 5.02 Å².